The fourth-order valence-electron chi connectivity index (χ4n) is 2.88. The number of methoxy groups -OCH3 is 1. The average molecular weight is 372 g/mol. The van der Waals surface area contributed by atoms with Gasteiger partial charge in [0, 0.05) is 5.56 Å². The van der Waals surface area contributed by atoms with Crippen LogP contribution in [0.4, 0.5) is 0 Å². The molecule has 0 N–H and O–H groups in total. The monoisotopic (exact) mass is 372 g/mol. The van der Waals surface area contributed by atoms with Crippen molar-refractivity contribution in [3.05, 3.63) is 94.6 Å². The Kier molecular flexibility index (Phi) is 4.64. The van der Waals surface area contributed by atoms with Crippen LogP contribution in [0.5, 0.6) is 11.5 Å². The lowest BCUT2D eigenvalue weighted by Crippen LogP contribution is -2.16. The number of rotatable bonds is 4. The van der Waals surface area contributed by atoms with Crippen molar-refractivity contribution in [1.82, 2.24) is 0 Å². The predicted octanol–water partition coefficient (Wildman–Crippen LogP) is 4.69. The number of carbonyl (C=O) groups excluding carboxylic acids is 1. The average Bonchev–Trinajstić information content (AvgIpc) is 2.76. The zero-order valence-electron chi connectivity index (χ0n) is 15.0. The Labute approximate surface area is 160 Å². The molecule has 0 saturated heterocycles. The predicted molar refractivity (Wildman–Crippen MR) is 106 cm³/mol. The summed E-state index contributed by atoms with van der Waals surface area (Å²) in [5, 5.41) is 0.347. The highest BCUT2D eigenvalue weighted by molar-refractivity contribution is 5.93. The molecule has 4 aromatic rings. The van der Waals surface area contributed by atoms with Gasteiger partial charge in [0.05, 0.1) is 18.1 Å². The van der Waals surface area contributed by atoms with E-state index >= 15 is 0 Å². The fraction of sp³-hybridized carbons (Fsp3) is 0.0435. The lowest BCUT2D eigenvalue weighted by molar-refractivity contribution is 0.0731. The van der Waals surface area contributed by atoms with Crippen molar-refractivity contribution < 1.29 is 18.7 Å². The van der Waals surface area contributed by atoms with E-state index in [1.165, 1.54) is 0 Å². The number of hydrogen-bond donors (Lipinski definition) is 0. The van der Waals surface area contributed by atoms with Gasteiger partial charge in [-0.25, -0.2) is 4.79 Å². The third-order valence-electron chi connectivity index (χ3n) is 4.31. The molecule has 138 valence electrons. The van der Waals surface area contributed by atoms with E-state index in [2.05, 4.69) is 0 Å². The lowest BCUT2D eigenvalue weighted by Gasteiger charge is -2.10. The van der Waals surface area contributed by atoms with Crippen LogP contribution in [0.3, 0.4) is 0 Å². The number of fused-ring (bicyclic) bond motifs is 1. The van der Waals surface area contributed by atoms with Gasteiger partial charge in [0.15, 0.2) is 5.76 Å². The van der Waals surface area contributed by atoms with Gasteiger partial charge in [-0.15, -0.1) is 0 Å². The van der Waals surface area contributed by atoms with Crippen molar-refractivity contribution in [2.24, 2.45) is 0 Å². The summed E-state index contributed by atoms with van der Waals surface area (Å²) in [6, 6.07) is 22.4. The smallest absolute Gasteiger partial charge is 0.343 e. The van der Waals surface area contributed by atoms with E-state index in [0.717, 1.165) is 0 Å². The van der Waals surface area contributed by atoms with Crippen molar-refractivity contribution >= 4 is 16.9 Å². The topological polar surface area (TPSA) is 65.7 Å². The van der Waals surface area contributed by atoms with Crippen LogP contribution in [0.25, 0.3) is 22.3 Å². The second-order valence-electron chi connectivity index (χ2n) is 6.07. The van der Waals surface area contributed by atoms with E-state index in [0.29, 0.717) is 27.8 Å². The molecule has 0 aliphatic heterocycles. The summed E-state index contributed by atoms with van der Waals surface area (Å²) in [6.45, 7) is 0. The summed E-state index contributed by atoms with van der Waals surface area (Å²) < 4.78 is 16.5. The molecular formula is C23H16O5. The van der Waals surface area contributed by atoms with Crippen LogP contribution in [0, 0.1) is 0 Å². The van der Waals surface area contributed by atoms with E-state index in [1.54, 1.807) is 67.8 Å². The molecule has 1 heterocycles. The Morgan fingerprint density at radius 2 is 1.54 bits per heavy atom. The maximum Gasteiger partial charge on any atom is 0.343 e. The highest BCUT2D eigenvalue weighted by Gasteiger charge is 2.21. The molecule has 0 aliphatic rings. The minimum absolute atomic E-state index is 0.134. The summed E-state index contributed by atoms with van der Waals surface area (Å²) in [6.07, 6.45) is 0. The zero-order valence-corrected chi connectivity index (χ0v) is 15.0. The molecule has 4 rings (SSSR count). The maximum absolute atomic E-state index is 13.0. The number of ether oxygens (including phenoxy) is 2. The number of carbonyl (C=O) groups is 1. The molecule has 0 spiro atoms. The second kappa shape index (κ2) is 7.40. The van der Waals surface area contributed by atoms with E-state index < -0.39 is 11.4 Å². The Morgan fingerprint density at radius 3 is 2.25 bits per heavy atom. The molecule has 28 heavy (non-hydrogen) atoms. The quantitative estimate of drug-likeness (QED) is 0.486. The van der Waals surface area contributed by atoms with Gasteiger partial charge in [-0.3, -0.25) is 4.79 Å². The molecule has 3 aromatic carbocycles. The van der Waals surface area contributed by atoms with E-state index in [1.807, 2.05) is 18.2 Å². The van der Waals surface area contributed by atoms with Gasteiger partial charge in [-0.2, -0.15) is 0 Å². The minimum atomic E-state index is -0.651. The van der Waals surface area contributed by atoms with E-state index in [9.17, 15) is 9.59 Å². The van der Waals surface area contributed by atoms with Gasteiger partial charge >= 0.3 is 5.97 Å². The molecular weight excluding hydrogens is 356 g/mol. The van der Waals surface area contributed by atoms with Gasteiger partial charge < -0.3 is 13.9 Å². The first kappa shape index (κ1) is 17.5. The Bertz CT molecular complexity index is 1190. The molecule has 0 bridgehead atoms. The van der Waals surface area contributed by atoms with Crippen molar-refractivity contribution in [3.63, 3.8) is 0 Å². The fourth-order valence-corrected chi connectivity index (χ4v) is 2.88. The van der Waals surface area contributed by atoms with Crippen molar-refractivity contribution in [1.29, 1.82) is 0 Å². The largest absolute Gasteiger partial charge is 0.497 e. The first-order chi connectivity index (χ1) is 13.7. The van der Waals surface area contributed by atoms with Crippen LogP contribution in [0.2, 0.25) is 0 Å². The molecule has 0 aliphatic carbocycles. The number of hydrogen-bond acceptors (Lipinski definition) is 5. The summed E-state index contributed by atoms with van der Waals surface area (Å²) in [5.41, 5.74) is 0.966. The molecule has 0 atom stereocenters. The van der Waals surface area contributed by atoms with Gasteiger partial charge in [0.2, 0.25) is 11.2 Å². The first-order valence-corrected chi connectivity index (χ1v) is 8.65. The van der Waals surface area contributed by atoms with Gasteiger partial charge in [-0.05, 0) is 36.4 Å². The van der Waals surface area contributed by atoms with Crippen molar-refractivity contribution in [2.45, 2.75) is 0 Å². The van der Waals surface area contributed by atoms with E-state index in [4.69, 9.17) is 13.9 Å². The normalized spacial score (nSPS) is 10.6. The number of para-hydroxylation sites is 1. The molecule has 0 saturated carbocycles. The summed E-state index contributed by atoms with van der Waals surface area (Å²) in [4.78, 5) is 25.7. The van der Waals surface area contributed by atoms with Crippen LogP contribution in [-0.2, 0) is 0 Å². The highest BCUT2D eigenvalue weighted by atomic mass is 16.5. The molecule has 0 fully saturated rings. The minimum Gasteiger partial charge on any atom is -0.497 e. The van der Waals surface area contributed by atoms with E-state index in [-0.39, 0.29) is 11.5 Å². The number of benzene rings is 3. The maximum atomic E-state index is 13.0. The van der Waals surface area contributed by atoms with Crippen LogP contribution >= 0.6 is 0 Å². The Morgan fingerprint density at radius 1 is 0.857 bits per heavy atom. The SMILES string of the molecule is COc1ccc(C(=O)Oc2c(-c3ccccc3)oc3ccccc3c2=O)cc1. The first-order valence-electron chi connectivity index (χ1n) is 8.65. The Hall–Kier alpha value is -3.86. The molecule has 1 aromatic heterocycles. The molecule has 0 radical (unpaired) electrons. The summed E-state index contributed by atoms with van der Waals surface area (Å²) in [5.74, 6) is 0.0473. The molecule has 5 nitrogen and oxygen atoms in total. The second-order valence-corrected chi connectivity index (χ2v) is 6.07. The van der Waals surface area contributed by atoms with Crippen LogP contribution in [-0.4, -0.2) is 13.1 Å². The molecule has 0 unspecified atom stereocenters. The van der Waals surface area contributed by atoms with Gasteiger partial charge in [0.1, 0.15) is 11.3 Å². The molecule has 5 heteroatoms. The van der Waals surface area contributed by atoms with Crippen LogP contribution < -0.4 is 14.9 Å². The standard InChI is InChI=1S/C23H16O5/c1-26-17-13-11-16(12-14-17)23(25)28-22-20(24)18-9-5-6-10-19(18)27-21(22)15-7-3-2-4-8-15/h2-14H,1H3. The summed E-state index contributed by atoms with van der Waals surface area (Å²) >= 11 is 0. The Balaban J connectivity index is 1.83. The number of esters is 1. The summed E-state index contributed by atoms with van der Waals surface area (Å²) in [7, 11) is 1.54. The third-order valence-corrected chi connectivity index (χ3v) is 4.31. The van der Waals surface area contributed by atoms with Crippen molar-refractivity contribution in [2.75, 3.05) is 7.11 Å². The van der Waals surface area contributed by atoms with Gasteiger partial charge in [-0.1, -0.05) is 42.5 Å². The van der Waals surface area contributed by atoms with Crippen LogP contribution in [0.1, 0.15) is 10.4 Å². The molecule has 0 amide bonds. The van der Waals surface area contributed by atoms with Gasteiger partial charge in [0.25, 0.3) is 0 Å². The highest BCUT2D eigenvalue weighted by Crippen LogP contribution is 2.31. The zero-order chi connectivity index (χ0) is 19.5. The van der Waals surface area contributed by atoms with Crippen molar-refractivity contribution in [3.8, 4) is 22.8 Å². The van der Waals surface area contributed by atoms with Crippen LogP contribution in [0.15, 0.2) is 88.1 Å². The third kappa shape index (κ3) is 3.25. The lowest BCUT2D eigenvalue weighted by atomic mass is 10.1.